The maximum Gasteiger partial charge on any atom is 0.284 e. The van der Waals surface area contributed by atoms with Crippen LogP contribution in [0.3, 0.4) is 0 Å². The number of amides is 1. The van der Waals surface area contributed by atoms with Crippen molar-refractivity contribution in [2.45, 2.75) is 69.7 Å². The molecule has 2 aliphatic heterocycles. The highest BCUT2D eigenvalue weighted by atomic mass is 16.5. The number of rotatable bonds is 2. The van der Waals surface area contributed by atoms with Crippen LogP contribution in [-0.4, -0.2) is 30.8 Å². The molecular formula is C27H32N2O3. The molecule has 1 amide bonds. The third-order valence-corrected chi connectivity index (χ3v) is 6.97. The zero-order valence-electron chi connectivity index (χ0n) is 19.3. The first-order valence-electron chi connectivity index (χ1n) is 11.6. The van der Waals surface area contributed by atoms with Gasteiger partial charge in [-0.1, -0.05) is 51.8 Å². The summed E-state index contributed by atoms with van der Waals surface area (Å²) in [7, 11) is 1.67. The van der Waals surface area contributed by atoms with Crippen LogP contribution in [0.2, 0.25) is 0 Å². The van der Waals surface area contributed by atoms with Gasteiger partial charge >= 0.3 is 0 Å². The van der Waals surface area contributed by atoms with Gasteiger partial charge in [-0.15, -0.1) is 0 Å². The van der Waals surface area contributed by atoms with Gasteiger partial charge in [0.25, 0.3) is 11.6 Å². The molecule has 3 unspecified atom stereocenters. The maximum absolute atomic E-state index is 13.4. The van der Waals surface area contributed by atoms with Gasteiger partial charge in [-0.25, -0.2) is 0 Å². The smallest absolute Gasteiger partial charge is 0.284 e. The third-order valence-electron chi connectivity index (χ3n) is 6.97. The van der Waals surface area contributed by atoms with Crippen LogP contribution in [0.25, 0.3) is 5.57 Å². The Kier molecular flexibility index (Phi) is 5.05. The first-order chi connectivity index (χ1) is 15.3. The second-order valence-electron chi connectivity index (χ2n) is 10.2. The van der Waals surface area contributed by atoms with Gasteiger partial charge in [0.05, 0.1) is 7.11 Å². The van der Waals surface area contributed by atoms with E-state index in [1.807, 2.05) is 36.4 Å². The summed E-state index contributed by atoms with van der Waals surface area (Å²) in [5.41, 5.74) is 3.06. The molecule has 1 spiro atoms. The van der Waals surface area contributed by atoms with Gasteiger partial charge in [0.2, 0.25) is 0 Å². The molecule has 2 fully saturated rings. The summed E-state index contributed by atoms with van der Waals surface area (Å²) in [6, 6.07) is 14.7. The van der Waals surface area contributed by atoms with Crippen molar-refractivity contribution in [3.63, 3.8) is 0 Å². The minimum Gasteiger partial charge on any atom is -0.497 e. The summed E-state index contributed by atoms with van der Waals surface area (Å²) in [5, 5.41) is 6.84. The van der Waals surface area contributed by atoms with Crippen LogP contribution in [0.5, 0.6) is 11.5 Å². The fourth-order valence-corrected chi connectivity index (χ4v) is 5.07. The van der Waals surface area contributed by atoms with Gasteiger partial charge in [0.1, 0.15) is 11.5 Å². The first-order valence-corrected chi connectivity index (χ1v) is 11.6. The lowest BCUT2D eigenvalue weighted by atomic mass is 9.82. The second kappa shape index (κ2) is 7.66. The Morgan fingerprint density at radius 2 is 1.75 bits per heavy atom. The van der Waals surface area contributed by atoms with E-state index in [1.165, 1.54) is 12.0 Å². The van der Waals surface area contributed by atoms with Crippen LogP contribution >= 0.6 is 0 Å². The van der Waals surface area contributed by atoms with Crippen molar-refractivity contribution >= 4 is 11.5 Å². The summed E-state index contributed by atoms with van der Waals surface area (Å²) in [4.78, 5) is 13.4. The third kappa shape index (κ3) is 3.58. The maximum atomic E-state index is 13.4. The Morgan fingerprint density at radius 3 is 2.44 bits per heavy atom. The summed E-state index contributed by atoms with van der Waals surface area (Å²) < 4.78 is 11.8. The number of fused-ring (bicyclic) bond motifs is 2. The molecule has 0 radical (unpaired) electrons. The predicted octanol–water partition coefficient (Wildman–Crippen LogP) is 4.54. The highest BCUT2D eigenvalue weighted by Crippen LogP contribution is 2.42. The molecule has 2 N–H and O–H groups in total. The van der Waals surface area contributed by atoms with E-state index in [-0.39, 0.29) is 23.4 Å². The van der Waals surface area contributed by atoms with Crippen LogP contribution in [0, 0.1) is 0 Å². The lowest BCUT2D eigenvalue weighted by Crippen LogP contribution is -2.73. The molecule has 5 nitrogen and oxygen atoms in total. The molecule has 0 bridgehead atoms. The van der Waals surface area contributed by atoms with Crippen LogP contribution in [0.15, 0.2) is 48.5 Å². The van der Waals surface area contributed by atoms with Crippen molar-refractivity contribution in [2.75, 3.05) is 7.11 Å². The van der Waals surface area contributed by atoms with E-state index >= 15 is 0 Å². The van der Waals surface area contributed by atoms with Gasteiger partial charge < -0.3 is 14.8 Å². The molecule has 2 aromatic rings. The lowest BCUT2D eigenvalue weighted by Gasteiger charge is -2.47. The highest BCUT2D eigenvalue weighted by Gasteiger charge is 2.50. The molecule has 5 heteroatoms. The van der Waals surface area contributed by atoms with E-state index in [2.05, 4.69) is 43.5 Å². The van der Waals surface area contributed by atoms with E-state index in [0.717, 1.165) is 47.5 Å². The SMILES string of the molecule is COc1ccc(C2=CC3(NC4CCCCC4NC3=O)Oc3ccc(C(C)(C)C)cc32)cc1. The number of carbonyl (C=O) groups excluding carboxylic acids is 1. The van der Waals surface area contributed by atoms with Crippen molar-refractivity contribution in [3.05, 3.63) is 65.2 Å². The molecule has 1 saturated heterocycles. The van der Waals surface area contributed by atoms with Gasteiger partial charge in [-0.3, -0.25) is 10.1 Å². The molecule has 5 rings (SSSR count). The monoisotopic (exact) mass is 432 g/mol. The molecule has 0 aromatic heterocycles. The van der Waals surface area contributed by atoms with E-state index in [4.69, 9.17) is 9.47 Å². The fraction of sp³-hybridized carbons (Fsp3) is 0.444. The lowest BCUT2D eigenvalue weighted by molar-refractivity contribution is -0.142. The first kappa shape index (κ1) is 21.1. The fourth-order valence-electron chi connectivity index (χ4n) is 5.07. The Bertz CT molecular complexity index is 1070. The quantitative estimate of drug-likeness (QED) is 0.731. The normalized spacial score (nSPS) is 27.0. The number of benzene rings is 2. The number of hydrogen-bond acceptors (Lipinski definition) is 4. The second-order valence-corrected chi connectivity index (χ2v) is 10.2. The molecule has 3 aliphatic rings. The van der Waals surface area contributed by atoms with Gasteiger partial charge in [0, 0.05) is 17.6 Å². The zero-order chi connectivity index (χ0) is 22.5. The van der Waals surface area contributed by atoms with Crippen LogP contribution in [0.4, 0.5) is 0 Å². The number of nitrogens with one attached hydrogen (secondary N) is 2. The zero-order valence-corrected chi connectivity index (χ0v) is 19.3. The Labute approximate surface area is 190 Å². The van der Waals surface area contributed by atoms with Crippen molar-refractivity contribution in [3.8, 4) is 11.5 Å². The number of hydrogen-bond donors (Lipinski definition) is 2. The van der Waals surface area contributed by atoms with Crippen molar-refractivity contribution in [1.82, 2.24) is 10.6 Å². The largest absolute Gasteiger partial charge is 0.497 e. The number of carbonyl (C=O) groups is 1. The van der Waals surface area contributed by atoms with Crippen LogP contribution < -0.4 is 20.1 Å². The summed E-state index contributed by atoms with van der Waals surface area (Å²) in [6.45, 7) is 6.61. The molecule has 168 valence electrons. The van der Waals surface area contributed by atoms with E-state index in [1.54, 1.807) is 7.11 Å². The standard InChI is InChI=1S/C27H32N2O3/c1-26(2,3)18-11-14-24-20(15-18)21(17-9-12-19(31-4)13-10-17)16-27(32-24)25(30)28-22-7-5-6-8-23(22)29-27/h9-16,22-23,29H,5-8H2,1-4H3,(H,28,30). The topological polar surface area (TPSA) is 59.6 Å². The van der Waals surface area contributed by atoms with Gasteiger partial charge in [-0.05, 0) is 65.3 Å². The van der Waals surface area contributed by atoms with Crippen LogP contribution in [-0.2, 0) is 10.2 Å². The van der Waals surface area contributed by atoms with Crippen LogP contribution in [0.1, 0.15) is 63.1 Å². The molecule has 32 heavy (non-hydrogen) atoms. The van der Waals surface area contributed by atoms with Gasteiger partial charge in [0.15, 0.2) is 0 Å². The number of piperazine rings is 1. The molecular weight excluding hydrogens is 400 g/mol. The number of methoxy groups -OCH3 is 1. The van der Waals surface area contributed by atoms with Crippen molar-refractivity contribution in [1.29, 1.82) is 0 Å². The average molecular weight is 433 g/mol. The Balaban J connectivity index is 1.64. The predicted molar refractivity (Wildman–Crippen MR) is 126 cm³/mol. The minimum atomic E-state index is -1.20. The minimum absolute atomic E-state index is 0.00493. The Morgan fingerprint density at radius 1 is 1.03 bits per heavy atom. The van der Waals surface area contributed by atoms with Crippen molar-refractivity contribution in [2.24, 2.45) is 0 Å². The number of ether oxygens (including phenoxy) is 2. The van der Waals surface area contributed by atoms with E-state index in [9.17, 15) is 4.79 Å². The summed E-state index contributed by atoms with van der Waals surface area (Å²) in [5.74, 6) is 1.42. The van der Waals surface area contributed by atoms with Gasteiger partial charge in [-0.2, -0.15) is 0 Å². The van der Waals surface area contributed by atoms with Crippen molar-refractivity contribution < 1.29 is 14.3 Å². The molecule has 2 aromatic carbocycles. The molecule has 3 atom stereocenters. The highest BCUT2D eigenvalue weighted by molar-refractivity contribution is 5.95. The molecule has 1 aliphatic carbocycles. The Hall–Kier alpha value is -2.79. The van der Waals surface area contributed by atoms with E-state index < -0.39 is 5.72 Å². The molecule has 1 saturated carbocycles. The van der Waals surface area contributed by atoms with E-state index in [0.29, 0.717) is 0 Å². The summed E-state index contributed by atoms with van der Waals surface area (Å²) in [6.07, 6.45) is 6.35. The average Bonchev–Trinajstić information content (AvgIpc) is 2.78. The molecule has 2 heterocycles. The summed E-state index contributed by atoms with van der Waals surface area (Å²) >= 11 is 0.